The van der Waals surface area contributed by atoms with Crippen LogP contribution in [0, 0.1) is 0 Å². The zero-order valence-corrected chi connectivity index (χ0v) is 7.75. The van der Waals surface area contributed by atoms with Crippen LogP contribution < -0.4 is 5.14 Å². The highest BCUT2D eigenvalue weighted by atomic mass is 35.5. The lowest BCUT2D eigenvalue weighted by atomic mass is 10.4. The largest absolute Gasteiger partial charge is 0.272 e. The lowest BCUT2D eigenvalue weighted by Crippen LogP contribution is -2.11. The van der Waals surface area contributed by atoms with Gasteiger partial charge in [-0.25, -0.2) is 0 Å². The van der Waals surface area contributed by atoms with Gasteiger partial charge in [-0.3, -0.25) is 0 Å². The van der Waals surface area contributed by atoms with E-state index in [1.54, 1.807) is 18.2 Å². The van der Waals surface area contributed by atoms with Gasteiger partial charge in [-0.1, -0.05) is 23.2 Å². The van der Waals surface area contributed by atoms with Gasteiger partial charge in [-0.05, 0) is 6.07 Å². The maximum absolute atomic E-state index is 8.94. The highest BCUT2D eigenvalue weighted by molar-refractivity contribution is 7.89. The first-order chi connectivity index (χ1) is 5.11. The molecule has 3 N–H and O–H groups in total. The number of nitrogens with two attached hydrogens (primary N) is 1. The number of hydrogen-bond donors (Lipinski definition) is 2. The molecule has 0 heterocycles. The van der Waals surface area contributed by atoms with E-state index in [0.717, 1.165) is 0 Å². The molecule has 1 aromatic carbocycles. The Morgan fingerprint density at radius 2 is 1.91 bits per heavy atom. The van der Waals surface area contributed by atoms with Gasteiger partial charge in [0.15, 0.2) is 0 Å². The maximum Gasteiger partial charge on any atom is 0.272 e. The van der Waals surface area contributed by atoms with Gasteiger partial charge < -0.3 is 0 Å². The molecule has 0 aliphatic carbocycles. The van der Waals surface area contributed by atoms with Crippen LogP contribution in [0.5, 0.6) is 0 Å². The third-order valence-corrected chi connectivity index (χ3v) is 2.61. The quantitative estimate of drug-likeness (QED) is 0.700. The van der Waals surface area contributed by atoms with E-state index in [4.69, 9.17) is 32.9 Å². The second-order valence-corrected chi connectivity index (χ2v) is 3.81. The molecule has 0 radical (unpaired) electrons. The van der Waals surface area contributed by atoms with Crippen LogP contribution in [-0.2, 0) is 11.4 Å². The van der Waals surface area contributed by atoms with Crippen molar-refractivity contribution in [2.75, 3.05) is 0 Å². The summed E-state index contributed by atoms with van der Waals surface area (Å²) in [6, 6.07) is 4.78. The van der Waals surface area contributed by atoms with Crippen LogP contribution in [0.15, 0.2) is 23.1 Å². The van der Waals surface area contributed by atoms with Crippen molar-refractivity contribution in [1.82, 2.24) is 0 Å². The van der Waals surface area contributed by atoms with Gasteiger partial charge >= 0.3 is 0 Å². The highest BCUT2D eigenvalue weighted by Crippen LogP contribution is 2.23. The molecule has 60 valence electrons. The summed E-state index contributed by atoms with van der Waals surface area (Å²) in [5.74, 6) is 0. The average molecular weight is 211 g/mol. The predicted octanol–water partition coefficient (Wildman–Crippen LogP) is 2.32. The molecule has 0 spiro atoms. The Labute approximate surface area is 77.6 Å². The van der Waals surface area contributed by atoms with Crippen molar-refractivity contribution in [3.63, 3.8) is 0 Å². The Balaban J connectivity index is 3.05. The lowest BCUT2D eigenvalue weighted by molar-refractivity contribution is 0.640. The summed E-state index contributed by atoms with van der Waals surface area (Å²) in [5, 5.41) is 6.08. The van der Waals surface area contributed by atoms with E-state index in [2.05, 4.69) is 0 Å². The molecule has 0 bridgehead atoms. The zero-order chi connectivity index (χ0) is 8.43. The van der Waals surface area contributed by atoms with Crippen LogP contribution in [0.3, 0.4) is 0 Å². The maximum atomic E-state index is 8.94. The van der Waals surface area contributed by atoms with E-state index in [1.165, 1.54) is 0 Å². The Hall–Kier alpha value is 0.0700. The SMILES string of the molecule is N[S+](O)c1ccc(Cl)c(Cl)c1. The normalized spacial score (nSPS) is 13.1. The molecule has 0 aromatic heterocycles. The molecule has 11 heavy (non-hydrogen) atoms. The fourth-order valence-corrected chi connectivity index (χ4v) is 1.42. The second-order valence-electron chi connectivity index (χ2n) is 1.89. The fraction of sp³-hybridized carbons (Fsp3) is 0. The molecule has 1 rings (SSSR count). The van der Waals surface area contributed by atoms with Crippen molar-refractivity contribution >= 4 is 34.6 Å². The first kappa shape index (κ1) is 9.16. The number of rotatable bonds is 1. The van der Waals surface area contributed by atoms with E-state index in [0.29, 0.717) is 14.9 Å². The van der Waals surface area contributed by atoms with Crippen molar-refractivity contribution in [1.29, 1.82) is 0 Å². The summed E-state index contributed by atoms with van der Waals surface area (Å²) in [5.41, 5.74) is 0. The minimum atomic E-state index is -1.24. The predicted molar refractivity (Wildman–Crippen MR) is 48.9 cm³/mol. The lowest BCUT2D eigenvalue weighted by Gasteiger charge is -1.94. The van der Waals surface area contributed by atoms with Crippen molar-refractivity contribution in [3.8, 4) is 0 Å². The van der Waals surface area contributed by atoms with Crippen LogP contribution in [0.25, 0.3) is 0 Å². The van der Waals surface area contributed by atoms with Gasteiger partial charge in [0.25, 0.3) is 11.4 Å². The summed E-state index contributed by atoms with van der Waals surface area (Å²) in [4.78, 5) is 0.583. The summed E-state index contributed by atoms with van der Waals surface area (Å²) >= 11 is 10.1. The summed E-state index contributed by atoms with van der Waals surface area (Å²) < 4.78 is 8.94. The molecule has 0 fully saturated rings. The minimum absolute atomic E-state index is 0.404. The van der Waals surface area contributed by atoms with Crippen LogP contribution in [0.2, 0.25) is 10.0 Å². The monoisotopic (exact) mass is 210 g/mol. The Morgan fingerprint density at radius 3 is 2.36 bits per heavy atom. The third kappa shape index (κ3) is 2.25. The van der Waals surface area contributed by atoms with Gasteiger partial charge in [-0.15, -0.1) is 5.14 Å². The molecule has 1 unspecified atom stereocenters. The van der Waals surface area contributed by atoms with Crippen LogP contribution in [0.4, 0.5) is 0 Å². The zero-order valence-electron chi connectivity index (χ0n) is 5.42. The van der Waals surface area contributed by atoms with Crippen molar-refractivity contribution < 1.29 is 4.55 Å². The highest BCUT2D eigenvalue weighted by Gasteiger charge is 2.14. The van der Waals surface area contributed by atoms with E-state index >= 15 is 0 Å². The number of hydrogen-bond acceptors (Lipinski definition) is 2. The molecule has 1 aromatic rings. The van der Waals surface area contributed by atoms with Gasteiger partial charge in [0.05, 0.1) is 10.0 Å². The van der Waals surface area contributed by atoms with E-state index in [-0.39, 0.29) is 0 Å². The van der Waals surface area contributed by atoms with Gasteiger partial charge in [0.2, 0.25) is 4.90 Å². The molecule has 0 aliphatic rings. The molecular weight excluding hydrogens is 205 g/mol. The standard InChI is InChI=1S/C6H6Cl2NOS/c7-5-2-1-4(11(9)10)3-6(5)8/h1-3,10H,9H2/q+1. The molecule has 0 amide bonds. The molecule has 2 nitrogen and oxygen atoms in total. The number of benzene rings is 1. The van der Waals surface area contributed by atoms with E-state index < -0.39 is 11.4 Å². The van der Waals surface area contributed by atoms with Crippen molar-refractivity contribution in [2.24, 2.45) is 5.14 Å². The fourth-order valence-electron chi connectivity index (χ4n) is 0.607. The molecule has 0 saturated heterocycles. The topological polar surface area (TPSA) is 46.2 Å². The molecular formula is C6H6Cl2NOS+. The Morgan fingerprint density at radius 1 is 1.27 bits per heavy atom. The third-order valence-electron chi connectivity index (χ3n) is 1.13. The molecule has 5 heteroatoms. The van der Waals surface area contributed by atoms with Gasteiger partial charge in [-0.2, -0.15) is 4.55 Å². The second kappa shape index (κ2) is 3.65. The molecule has 1 atom stereocenters. The minimum Gasteiger partial charge on any atom is -0.162 e. The van der Waals surface area contributed by atoms with E-state index in [9.17, 15) is 0 Å². The van der Waals surface area contributed by atoms with Crippen LogP contribution >= 0.6 is 23.2 Å². The Kier molecular flexibility index (Phi) is 3.04. The van der Waals surface area contributed by atoms with E-state index in [1.807, 2.05) is 0 Å². The van der Waals surface area contributed by atoms with Crippen molar-refractivity contribution in [3.05, 3.63) is 28.2 Å². The van der Waals surface area contributed by atoms with Crippen LogP contribution in [-0.4, -0.2) is 4.55 Å². The first-order valence-corrected chi connectivity index (χ1v) is 4.74. The number of halogens is 2. The van der Waals surface area contributed by atoms with Gasteiger partial charge in [0.1, 0.15) is 0 Å². The average Bonchev–Trinajstić information content (AvgIpc) is 1.94. The smallest absolute Gasteiger partial charge is 0.162 e. The first-order valence-electron chi connectivity index (χ1n) is 2.74. The summed E-state index contributed by atoms with van der Waals surface area (Å²) in [6.45, 7) is 0. The van der Waals surface area contributed by atoms with Gasteiger partial charge in [0, 0.05) is 12.1 Å². The Bertz CT molecular complexity index is 267. The molecule has 0 aliphatic heterocycles. The van der Waals surface area contributed by atoms with Crippen molar-refractivity contribution in [2.45, 2.75) is 4.90 Å². The molecule has 0 saturated carbocycles. The van der Waals surface area contributed by atoms with Crippen LogP contribution in [0.1, 0.15) is 0 Å². The summed E-state index contributed by atoms with van der Waals surface area (Å²) in [7, 11) is 0. The summed E-state index contributed by atoms with van der Waals surface area (Å²) in [6.07, 6.45) is 0.